The van der Waals surface area contributed by atoms with Gasteiger partial charge in [-0.05, 0) is 11.6 Å². The highest BCUT2D eigenvalue weighted by Gasteiger charge is 2.27. The predicted molar refractivity (Wildman–Crippen MR) is 78.9 cm³/mol. The van der Waals surface area contributed by atoms with Gasteiger partial charge in [0.15, 0.2) is 0 Å². The van der Waals surface area contributed by atoms with Gasteiger partial charge in [0.1, 0.15) is 5.15 Å². The first-order valence-corrected chi connectivity index (χ1v) is 7.19. The van der Waals surface area contributed by atoms with E-state index in [0.29, 0.717) is 18.2 Å². The van der Waals surface area contributed by atoms with Crippen LogP contribution in [0.2, 0.25) is 5.15 Å². The summed E-state index contributed by atoms with van der Waals surface area (Å²) >= 11 is 5.77. The number of ether oxygens (including phenoxy) is 2. The highest BCUT2D eigenvalue weighted by atomic mass is 35.5. The van der Waals surface area contributed by atoms with E-state index < -0.39 is 6.29 Å². The number of nitrogens with zero attached hydrogens (tertiary/aromatic N) is 3. The van der Waals surface area contributed by atoms with Crippen molar-refractivity contribution in [3.05, 3.63) is 29.0 Å². The lowest BCUT2D eigenvalue weighted by Gasteiger charge is -2.35. The summed E-state index contributed by atoms with van der Waals surface area (Å²) in [6.07, 6.45) is 0.975. The van der Waals surface area contributed by atoms with Crippen molar-refractivity contribution < 1.29 is 14.3 Å². The molecule has 0 aliphatic carbocycles. The SMILES string of the molecule is COC(OC)C(=O)N1CCN(Cc2ccc(Cl)nc2)CC1. The molecule has 0 unspecified atom stereocenters. The van der Waals surface area contributed by atoms with Crippen LogP contribution in [0.4, 0.5) is 0 Å². The minimum Gasteiger partial charge on any atom is -0.348 e. The molecule has 0 spiro atoms. The zero-order valence-electron chi connectivity index (χ0n) is 12.3. The van der Waals surface area contributed by atoms with Crippen LogP contribution in [0.25, 0.3) is 0 Å². The molecule has 7 heteroatoms. The summed E-state index contributed by atoms with van der Waals surface area (Å²) in [5, 5.41) is 0.499. The Bertz CT molecular complexity index is 457. The highest BCUT2D eigenvalue weighted by molar-refractivity contribution is 6.29. The Morgan fingerprint density at radius 3 is 2.48 bits per heavy atom. The third-order valence-corrected chi connectivity index (χ3v) is 3.73. The van der Waals surface area contributed by atoms with Crippen molar-refractivity contribution in [1.82, 2.24) is 14.8 Å². The van der Waals surface area contributed by atoms with E-state index >= 15 is 0 Å². The van der Waals surface area contributed by atoms with Crippen molar-refractivity contribution in [2.45, 2.75) is 12.8 Å². The van der Waals surface area contributed by atoms with Gasteiger partial charge in [0, 0.05) is 53.1 Å². The maximum atomic E-state index is 12.1. The fraction of sp³-hybridized carbons (Fsp3) is 0.571. The Hall–Kier alpha value is -1.21. The van der Waals surface area contributed by atoms with E-state index in [1.54, 1.807) is 17.2 Å². The number of piperazine rings is 1. The molecule has 0 radical (unpaired) electrons. The molecule has 1 aromatic heterocycles. The highest BCUT2D eigenvalue weighted by Crippen LogP contribution is 2.11. The largest absolute Gasteiger partial charge is 0.348 e. The van der Waals surface area contributed by atoms with Crippen molar-refractivity contribution in [3.8, 4) is 0 Å². The Kier molecular flexibility index (Phi) is 5.93. The van der Waals surface area contributed by atoms with Crippen LogP contribution in [0, 0.1) is 0 Å². The van der Waals surface area contributed by atoms with Crippen LogP contribution in [0.15, 0.2) is 18.3 Å². The third-order valence-electron chi connectivity index (χ3n) is 3.51. The molecule has 1 saturated heterocycles. The van der Waals surface area contributed by atoms with Crippen LogP contribution in [0.5, 0.6) is 0 Å². The van der Waals surface area contributed by atoms with Gasteiger partial charge in [-0.1, -0.05) is 17.7 Å². The molecule has 0 atom stereocenters. The molecule has 0 aromatic carbocycles. The molecule has 1 aliphatic heterocycles. The first-order valence-electron chi connectivity index (χ1n) is 6.81. The molecule has 2 heterocycles. The van der Waals surface area contributed by atoms with Crippen LogP contribution in [0.3, 0.4) is 0 Å². The van der Waals surface area contributed by atoms with Gasteiger partial charge in [-0.3, -0.25) is 9.69 Å². The summed E-state index contributed by atoms with van der Waals surface area (Å²) in [6.45, 7) is 3.78. The average Bonchev–Trinajstić information content (AvgIpc) is 2.51. The molecule has 0 bridgehead atoms. The van der Waals surface area contributed by atoms with E-state index in [-0.39, 0.29) is 5.91 Å². The lowest BCUT2D eigenvalue weighted by Crippen LogP contribution is -2.51. The number of carbonyl (C=O) groups is 1. The fourth-order valence-electron chi connectivity index (χ4n) is 2.33. The monoisotopic (exact) mass is 313 g/mol. The molecule has 0 saturated carbocycles. The maximum absolute atomic E-state index is 12.1. The number of aromatic nitrogens is 1. The molecular weight excluding hydrogens is 294 g/mol. The molecule has 116 valence electrons. The number of halogens is 1. The van der Waals surface area contributed by atoms with Crippen LogP contribution < -0.4 is 0 Å². The zero-order valence-corrected chi connectivity index (χ0v) is 13.0. The summed E-state index contributed by atoms with van der Waals surface area (Å²) in [7, 11) is 2.94. The zero-order chi connectivity index (χ0) is 15.2. The standard InChI is InChI=1S/C14H20ClN3O3/c1-20-14(21-2)13(19)18-7-5-17(6-8-18)10-11-3-4-12(15)16-9-11/h3-4,9,14H,5-8,10H2,1-2H3. The first kappa shape index (κ1) is 16.2. The quantitative estimate of drug-likeness (QED) is 0.599. The number of hydrogen-bond donors (Lipinski definition) is 0. The van der Waals surface area contributed by atoms with Crippen LogP contribution >= 0.6 is 11.6 Å². The molecule has 2 rings (SSSR count). The second kappa shape index (κ2) is 7.70. The number of amides is 1. The van der Waals surface area contributed by atoms with Crippen molar-refractivity contribution >= 4 is 17.5 Å². The third kappa shape index (κ3) is 4.38. The second-order valence-corrected chi connectivity index (χ2v) is 5.28. The summed E-state index contributed by atoms with van der Waals surface area (Å²) in [5.41, 5.74) is 1.12. The average molecular weight is 314 g/mol. The Morgan fingerprint density at radius 2 is 1.95 bits per heavy atom. The lowest BCUT2D eigenvalue weighted by molar-refractivity contribution is -0.171. The van der Waals surface area contributed by atoms with Gasteiger partial charge in [0.2, 0.25) is 6.29 Å². The normalized spacial score (nSPS) is 16.5. The Labute approximate surface area is 129 Å². The van der Waals surface area contributed by atoms with Crippen molar-refractivity contribution in [2.75, 3.05) is 40.4 Å². The number of hydrogen-bond acceptors (Lipinski definition) is 5. The molecule has 1 aliphatic rings. The van der Waals surface area contributed by atoms with Gasteiger partial charge >= 0.3 is 0 Å². The predicted octanol–water partition coefficient (Wildman–Crippen LogP) is 0.998. The molecule has 0 N–H and O–H groups in total. The lowest BCUT2D eigenvalue weighted by atomic mass is 10.2. The smallest absolute Gasteiger partial charge is 0.279 e. The Morgan fingerprint density at radius 1 is 1.29 bits per heavy atom. The number of methoxy groups -OCH3 is 2. The number of rotatable bonds is 5. The topological polar surface area (TPSA) is 54.9 Å². The van der Waals surface area contributed by atoms with Crippen molar-refractivity contribution in [1.29, 1.82) is 0 Å². The summed E-state index contributed by atoms with van der Waals surface area (Å²) < 4.78 is 10.0. The van der Waals surface area contributed by atoms with Gasteiger partial charge < -0.3 is 14.4 Å². The fourth-order valence-corrected chi connectivity index (χ4v) is 2.44. The second-order valence-electron chi connectivity index (χ2n) is 4.89. The van der Waals surface area contributed by atoms with E-state index in [1.807, 2.05) is 6.07 Å². The number of carbonyl (C=O) groups excluding carboxylic acids is 1. The van der Waals surface area contributed by atoms with E-state index in [0.717, 1.165) is 25.2 Å². The summed E-state index contributed by atoms with van der Waals surface area (Å²) in [5.74, 6) is -0.118. The van der Waals surface area contributed by atoms with E-state index in [2.05, 4.69) is 9.88 Å². The Balaban J connectivity index is 1.83. The minimum absolute atomic E-state index is 0.118. The van der Waals surface area contributed by atoms with Crippen LogP contribution in [-0.4, -0.2) is 67.4 Å². The molecule has 1 aromatic rings. The van der Waals surface area contributed by atoms with E-state index in [9.17, 15) is 4.79 Å². The first-order chi connectivity index (χ1) is 10.1. The molecule has 21 heavy (non-hydrogen) atoms. The van der Waals surface area contributed by atoms with Crippen molar-refractivity contribution in [2.24, 2.45) is 0 Å². The van der Waals surface area contributed by atoms with Gasteiger partial charge in [-0.15, -0.1) is 0 Å². The van der Waals surface area contributed by atoms with Crippen LogP contribution in [0.1, 0.15) is 5.56 Å². The minimum atomic E-state index is -0.808. The van der Waals surface area contributed by atoms with Gasteiger partial charge in [-0.2, -0.15) is 0 Å². The van der Waals surface area contributed by atoms with E-state index in [4.69, 9.17) is 21.1 Å². The molecule has 1 amide bonds. The summed E-state index contributed by atoms with van der Waals surface area (Å²) in [4.78, 5) is 20.2. The van der Waals surface area contributed by atoms with E-state index in [1.165, 1.54) is 14.2 Å². The van der Waals surface area contributed by atoms with Crippen LogP contribution in [-0.2, 0) is 20.8 Å². The van der Waals surface area contributed by atoms with Gasteiger partial charge in [-0.25, -0.2) is 4.98 Å². The van der Waals surface area contributed by atoms with Gasteiger partial charge in [0.25, 0.3) is 5.91 Å². The molecule has 6 nitrogen and oxygen atoms in total. The molecule has 1 fully saturated rings. The van der Waals surface area contributed by atoms with Crippen molar-refractivity contribution in [3.63, 3.8) is 0 Å². The van der Waals surface area contributed by atoms with Gasteiger partial charge in [0.05, 0.1) is 0 Å². The number of pyridine rings is 1. The molecular formula is C14H20ClN3O3. The maximum Gasteiger partial charge on any atom is 0.279 e. The summed E-state index contributed by atoms with van der Waals surface area (Å²) in [6, 6.07) is 3.76.